The summed E-state index contributed by atoms with van der Waals surface area (Å²) in [7, 11) is 1.58. The fraction of sp³-hybridized carbons (Fsp3) is 0.238. The summed E-state index contributed by atoms with van der Waals surface area (Å²) >= 11 is 1.34. The average Bonchev–Trinajstić information content (AvgIpc) is 3.39. The van der Waals surface area contributed by atoms with Gasteiger partial charge in [-0.05, 0) is 30.7 Å². The molecule has 0 spiro atoms. The molecule has 1 aromatic carbocycles. The number of ether oxygens (including phenoxy) is 2. The van der Waals surface area contributed by atoms with Crippen molar-refractivity contribution in [3.63, 3.8) is 0 Å². The van der Waals surface area contributed by atoms with Crippen LogP contribution in [-0.2, 0) is 11.2 Å². The molecule has 0 saturated carbocycles. The van der Waals surface area contributed by atoms with Gasteiger partial charge in [-0.25, -0.2) is 14.8 Å². The molecule has 160 valence electrons. The number of nitrogens with zero attached hydrogens (tertiary/aromatic N) is 3. The Bertz CT molecular complexity index is 1100. The molecule has 10 heteroatoms. The Morgan fingerprint density at radius 2 is 2.16 bits per heavy atom. The summed E-state index contributed by atoms with van der Waals surface area (Å²) in [6.07, 6.45) is 1.62. The van der Waals surface area contributed by atoms with Gasteiger partial charge in [-0.2, -0.15) is 0 Å². The molecule has 1 fully saturated rings. The minimum absolute atomic E-state index is 0.102. The predicted octanol–water partition coefficient (Wildman–Crippen LogP) is 3.36. The number of anilines is 2. The molecule has 2 N–H and O–H groups in total. The molecule has 0 radical (unpaired) electrons. The first-order valence-electron chi connectivity index (χ1n) is 9.60. The second-order valence-corrected chi connectivity index (χ2v) is 7.71. The van der Waals surface area contributed by atoms with E-state index >= 15 is 0 Å². The van der Waals surface area contributed by atoms with Crippen LogP contribution in [0.5, 0.6) is 17.4 Å². The van der Waals surface area contributed by atoms with Crippen molar-refractivity contribution in [2.24, 2.45) is 0 Å². The molecule has 4 rings (SSSR count). The molecule has 0 unspecified atom stereocenters. The molecule has 1 aliphatic rings. The number of hydrogen-bond donors (Lipinski definition) is 2. The van der Waals surface area contributed by atoms with Crippen LogP contribution in [0.1, 0.15) is 11.3 Å². The van der Waals surface area contributed by atoms with Crippen molar-refractivity contribution in [2.45, 2.75) is 13.3 Å². The second-order valence-electron chi connectivity index (χ2n) is 6.87. The van der Waals surface area contributed by atoms with E-state index in [1.807, 2.05) is 25.1 Å². The molecule has 1 saturated heterocycles. The van der Waals surface area contributed by atoms with E-state index in [1.165, 1.54) is 17.5 Å². The fourth-order valence-electron chi connectivity index (χ4n) is 3.01. The zero-order valence-electron chi connectivity index (χ0n) is 17.0. The third kappa shape index (κ3) is 4.92. The summed E-state index contributed by atoms with van der Waals surface area (Å²) < 4.78 is 11.1. The van der Waals surface area contributed by atoms with Crippen LogP contribution in [0.15, 0.2) is 41.9 Å². The Hall–Kier alpha value is -3.66. The molecular formula is C21H21N5O4S. The first-order valence-corrected chi connectivity index (χ1v) is 10.5. The van der Waals surface area contributed by atoms with Gasteiger partial charge in [0.05, 0.1) is 31.1 Å². The molecular weight excluding hydrogens is 418 g/mol. The highest BCUT2D eigenvalue weighted by atomic mass is 32.1. The van der Waals surface area contributed by atoms with Crippen molar-refractivity contribution >= 4 is 34.1 Å². The van der Waals surface area contributed by atoms with Crippen LogP contribution in [0, 0.1) is 6.92 Å². The minimum Gasteiger partial charge on any atom is -0.493 e. The Kier molecular flexibility index (Phi) is 5.99. The van der Waals surface area contributed by atoms with Crippen LogP contribution < -0.4 is 25.0 Å². The lowest BCUT2D eigenvalue weighted by Crippen LogP contribution is -2.27. The van der Waals surface area contributed by atoms with E-state index in [1.54, 1.807) is 29.5 Å². The van der Waals surface area contributed by atoms with E-state index in [4.69, 9.17) is 9.47 Å². The molecule has 31 heavy (non-hydrogen) atoms. The number of thiazole rings is 1. The molecule has 2 aromatic heterocycles. The minimum atomic E-state index is -0.224. The highest BCUT2D eigenvalue weighted by Crippen LogP contribution is 2.31. The highest BCUT2D eigenvalue weighted by molar-refractivity contribution is 7.14. The molecule has 9 nitrogen and oxygen atoms in total. The van der Waals surface area contributed by atoms with E-state index in [2.05, 4.69) is 20.6 Å². The Morgan fingerprint density at radius 3 is 2.87 bits per heavy atom. The normalized spacial score (nSPS) is 13.1. The van der Waals surface area contributed by atoms with E-state index < -0.39 is 0 Å². The quantitative estimate of drug-likeness (QED) is 0.585. The van der Waals surface area contributed by atoms with Gasteiger partial charge in [0, 0.05) is 24.5 Å². The van der Waals surface area contributed by atoms with Crippen molar-refractivity contribution in [3.05, 3.63) is 53.2 Å². The van der Waals surface area contributed by atoms with E-state index in [0.29, 0.717) is 47.0 Å². The lowest BCUT2D eigenvalue weighted by Gasteiger charge is -2.11. The van der Waals surface area contributed by atoms with Gasteiger partial charge in [-0.15, -0.1) is 11.3 Å². The molecule has 3 heterocycles. The van der Waals surface area contributed by atoms with Gasteiger partial charge in [0.15, 0.2) is 16.6 Å². The lowest BCUT2D eigenvalue weighted by molar-refractivity contribution is -0.115. The Balaban J connectivity index is 1.34. The van der Waals surface area contributed by atoms with Gasteiger partial charge < -0.3 is 20.1 Å². The van der Waals surface area contributed by atoms with Gasteiger partial charge >= 0.3 is 6.03 Å². The monoisotopic (exact) mass is 439 g/mol. The fourth-order valence-corrected chi connectivity index (χ4v) is 3.86. The van der Waals surface area contributed by atoms with Crippen molar-refractivity contribution in [1.82, 2.24) is 15.3 Å². The largest absolute Gasteiger partial charge is 0.493 e. The summed E-state index contributed by atoms with van der Waals surface area (Å²) in [5.74, 6) is 1.34. The predicted molar refractivity (Wildman–Crippen MR) is 117 cm³/mol. The van der Waals surface area contributed by atoms with Gasteiger partial charge in [0.25, 0.3) is 0 Å². The molecule has 1 aliphatic heterocycles. The lowest BCUT2D eigenvalue weighted by atomic mass is 10.2. The number of urea groups is 1. The molecule has 0 aliphatic carbocycles. The number of nitrogens with one attached hydrogen (secondary N) is 2. The molecule has 3 amide bonds. The van der Waals surface area contributed by atoms with Gasteiger partial charge in [0.1, 0.15) is 0 Å². The number of aromatic nitrogens is 2. The first-order chi connectivity index (χ1) is 15.0. The number of rotatable bonds is 7. The summed E-state index contributed by atoms with van der Waals surface area (Å²) in [6, 6.07) is 8.83. The van der Waals surface area contributed by atoms with Crippen molar-refractivity contribution in [2.75, 3.05) is 30.4 Å². The Morgan fingerprint density at radius 1 is 1.29 bits per heavy atom. The molecule has 3 aromatic rings. The van der Waals surface area contributed by atoms with Crippen LogP contribution in [0.4, 0.5) is 15.6 Å². The van der Waals surface area contributed by atoms with Crippen LogP contribution in [0.2, 0.25) is 0 Å². The zero-order valence-corrected chi connectivity index (χ0v) is 17.9. The van der Waals surface area contributed by atoms with Gasteiger partial charge in [-0.1, -0.05) is 6.07 Å². The summed E-state index contributed by atoms with van der Waals surface area (Å²) in [4.78, 5) is 34.3. The number of aryl methyl sites for hydroxylation is 1. The third-order valence-electron chi connectivity index (χ3n) is 4.52. The Labute approximate surface area is 183 Å². The SMILES string of the molecule is COc1cc(C)ccc1Oc1ccc(NC(=O)Cc2csc(N3CCNC3=O)n2)cn1. The van der Waals surface area contributed by atoms with Crippen molar-refractivity contribution in [3.8, 4) is 17.4 Å². The summed E-state index contributed by atoms with van der Waals surface area (Å²) in [6.45, 7) is 3.14. The van der Waals surface area contributed by atoms with E-state index in [0.717, 1.165) is 5.56 Å². The standard InChI is InChI=1S/C21H21N5O4S/c1-13-3-5-16(17(9-13)29-2)30-19-6-4-14(11-23-19)24-18(27)10-15-12-31-21(25-15)26-8-7-22-20(26)28/h3-6,9,11-12H,7-8,10H2,1-2H3,(H,22,28)(H,24,27). The number of carbonyl (C=O) groups is 2. The van der Waals surface area contributed by atoms with Crippen LogP contribution in [0.3, 0.4) is 0 Å². The van der Waals surface area contributed by atoms with Gasteiger partial charge in [0.2, 0.25) is 11.8 Å². The number of hydrogen-bond acceptors (Lipinski definition) is 7. The maximum Gasteiger partial charge on any atom is 0.323 e. The maximum absolute atomic E-state index is 12.4. The number of methoxy groups -OCH3 is 1. The van der Waals surface area contributed by atoms with E-state index in [9.17, 15) is 9.59 Å². The van der Waals surface area contributed by atoms with Crippen molar-refractivity contribution < 1.29 is 19.1 Å². The number of pyridine rings is 1. The summed E-state index contributed by atoms with van der Waals surface area (Å²) in [5, 5.41) is 7.89. The van der Waals surface area contributed by atoms with Crippen molar-refractivity contribution in [1.29, 1.82) is 0 Å². The number of carbonyl (C=O) groups excluding carboxylic acids is 2. The molecule has 0 bridgehead atoms. The number of benzene rings is 1. The first kappa shape index (κ1) is 20.6. The number of amides is 3. The topological polar surface area (TPSA) is 106 Å². The van der Waals surface area contributed by atoms with Gasteiger partial charge in [-0.3, -0.25) is 9.69 Å². The highest BCUT2D eigenvalue weighted by Gasteiger charge is 2.24. The smallest absolute Gasteiger partial charge is 0.323 e. The van der Waals surface area contributed by atoms with Crippen LogP contribution in [0.25, 0.3) is 0 Å². The maximum atomic E-state index is 12.4. The van der Waals surface area contributed by atoms with E-state index in [-0.39, 0.29) is 18.4 Å². The van der Waals surface area contributed by atoms with Crippen LogP contribution >= 0.6 is 11.3 Å². The van der Waals surface area contributed by atoms with Crippen LogP contribution in [-0.4, -0.2) is 42.1 Å². The molecule has 0 atom stereocenters. The third-order valence-corrected chi connectivity index (χ3v) is 5.44. The second kappa shape index (κ2) is 9.00. The zero-order chi connectivity index (χ0) is 21.8. The summed E-state index contributed by atoms with van der Waals surface area (Å²) in [5.41, 5.74) is 2.21. The average molecular weight is 439 g/mol.